The van der Waals surface area contributed by atoms with E-state index in [1.807, 2.05) is 60.7 Å². The van der Waals surface area contributed by atoms with Crippen molar-refractivity contribution in [1.29, 1.82) is 0 Å². The Morgan fingerprint density at radius 1 is 1.00 bits per heavy atom. The van der Waals surface area contributed by atoms with Gasteiger partial charge in [0.15, 0.2) is 0 Å². The number of para-hydroxylation sites is 1. The molecule has 0 saturated carbocycles. The van der Waals surface area contributed by atoms with Crippen molar-refractivity contribution in [2.75, 3.05) is 11.4 Å². The van der Waals surface area contributed by atoms with Gasteiger partial charge in [0.25, 0.3) is 11.8 Å². The first kappa shape index (κ1) is 19.0. The maximum absolute atomic E-state index is 13.4. The van der Waals surface area contributed by atoms with E-state index in [-0.39, 0.29) is 11.8 Å². The number of carbonyl (C=O) groups excluding carboxylic acids is 2. The Kier molecular flexibility index (Phi) is 4.86. The predicted octanol–water partition coefficient (Wildman–Crippen LogP) is 3.79. The van der Waals surface area contributed by atoms with E-state index in [2.05, 4.69) is 34.0 Å². The van der Waals surface area contributed by atoms with Gasteiger partial charge < -0.3 is 10.2 Å². The maximum atomic E-state index is 13.4. The number of aliphatic imine (C=N–C) groups is 1. The van der Waals surface area contributed by atoms with Crippen molar-refractivity contribution >= 4 is 45.8 Å². The molecule has 5 nitrogen and oxygen atoms in total. The average molecular weight is 507 g/mol. The summed E-state index contributed by atoms with van der Waals surface area (Å²) in [5.74, 6) is -0.508. The minimum absolute atomic E-state index is 0.202. The second-order valence-electron chi connectivity index (χ2n) is 7.25. The lowest BCUT2D eigenvalue weighted by Crippen LogP contribution is -2.47. The molecule has 6 heteroatoms. The fourth-order valence-corrected chi connectivity index (χ4v) is 4.67. The summed E-state index contributed by atoms with van der Waals surface area (Å²) in [4.78, 5) is 32.9. The monoisotopic (exact) mass is 507 g/mol. The summed E-state index contributed by atoms with van der Waals surface area (Å²) in [6.07, 6.45) is -0.184. The molecule has 1 N–H and O–H groups in total. The van der Waals surface area contributed by atoms with E-state index in [0.29, 0.717) is 12.1 Å². The quantitative estimate of drug-likeness (QED) is 0.549. The van der Waals surface area contributed by atoms with Gasteiger partial charge in [0.05, 0.1) is 17.0 Å². The molecule has 5 rings (SSSR count). The first-order valence-electron chi connectivity index (χ1n) is 9.76. The summed E-state index contributed by atoms with van der Waals surface area (Å²) < 4.78 is 0.827. The zero-order valence-electron chi connectivity index (χ0n) is 16.0. The Morgan fingerprint density at radius 2 is 1.77 bits per heavy atom. The molecule has 2 aliphatic heterocycles. The highest BCUT2D eigenvalue weighted by atomic mass is 127. The van der Waals surface area contributed by atoms with Crippen LogP contribution >= 0.6 is 22.6 Å². The van der Waals surface area contributed by atoms with Crippen LogP contribution in [0.25, 0.3) is 0 Å². The Bertz CT molecular complexity index is 1190. The second kappa shape index (κ2) is 7.68. The summed E-state index contributed by atoms with van der Waals surface area (Å²) in [5.41, 5.74) is 5.14. The van der Waals surface area contributed by atoms with Crippen LogP contribution in [-0.4, -0.2) is 30.2 Å². The third-order valence-electron chi connectivity index (χ3n) is 5.44. The fourth-order valence-electron chi connectivity index (χ4n) is 4.04. The summed E-state index contributed by atoms with van der Waals surface area (Å²) >= 11 is 2.12. The molecular formula is C24H18IN3O2. The number of hydrogen-bond donors (Lipinski definition) is 1. The van der Waals surface area contributed by atoms with Gasteiger partial charge in [0.2, 0.25) is 6.17 Å². The Hall–Kier alpha value is -3.00. The maximum Gasteiger partial charge on any atom is 0.272 e. The van der Waals surface area contributed by atoms with Gasteiger partial charge in [-0.25, -0.2) is 4.99 Å². The minimum Gasteiger partial charge on any atom is -0.322 e. The molecule has 0 aromatic heterocycles. The highest BCUT2D eigenvalue weighted by molar-refractivity contribution is 14.1. The highest BCUT2D eigenvalue weighted by Gasteiger charge is 2.37. The van der Waals surface area contributed by atoms with Crippen molar-refractivity contribution < 1.29 is 9.59 Å². The van der Waals surface area contributed by atoms with Crippen LogP contribution in [0.15, 0.2) is 77.8 Å². The molecule has 0 saturated heterocycles. The van der Waals surface area contributed by atoms with E-state index in [1.54, 1.807) is 11.0 Å². The van der Waals surface area contributed by atoms with Crippen LogP contribution in [0, 0.1) is 3.57 Å². The molecule has 3 aromatic carbocycles. The van der Waals surface area contributed by atoms with Gasteiger partial charge in [-0.15, -0.1) is 0 Å². The molecule has 3 aromatic rings. The number of hydrogen-bond acceptors (Lipinski definition) is 3. The van der Waals surface area contributed by atoms with Crippen molar-refractivity contribution in [3.05, 3.63) is 98.6 Å². The highest BCUT2D eigenvalue weighted by Crippen LogP contribution is 2.36. The van der Waals surface area contributed by atoms with Crippen LogP contribution < -0.4 is 10.2 Å². The van der Waals surface area contributed by atoms with Gasteiger partial charge in [-0.05, 0) is 46.7 Å². The molecule has 1 atom stereocenters. The predicted molar refractivity (Wildman–Crippen MR) is 125 cm³/mol. The molecule has 2 amide bonds. The van der Waals surface area contributed by atoms with Crippen molar-refractivity contribution in [1.82, 2.24) is 5.32 Å². The van der Waals surface area contributed by atoms with E-state index in [4.69, 9.17) is 4.99 Å². The third-order valence-corrected chi connectivity index (χ3v) is 6.38. The van der Waals surface area contributed by atoms with Crippen molar-refractivity contribution in [2.24, 2.45) is 4.99 Å². The zero-order chi connectivity index (χ0) is 20.7. The molecule has 2 aliphatic rings. The van der Waals surface area contributed by atoms with Crippen LogP contribution in [0.5, 0.6) is 0 Å². The third kappa shape index (κ3) is 3.21. The minimum atomic E-state index is -0.984. The van der Waals surface area contributed by atoms with Gasteiger partial charge in [-0.2, -0.15) is 0 Å². The van der Waals surface area contributed by atoms with E-state index >= 15 is 0 Å². The summed E-state index contributed by atoms with van der Waals surface area (Å²) in [6, 6.07) is 23.2. The molecule has 148 valence electrons. The zero-order valence-corrected chi connectivity index (χ0v) is 18.2. The lowest BCUT2D eigenvalue weighted by atomic mass is 9.98. The molecule has 1 unspecified atom stereocenters. The molecule has 2 heterocycles. The van der Waals surface area contributed by atoms with E-state index in [0.717, 1.165) is 38.1 Å². The lowest BCUT2D eigenvalue weighted by molar-refractivity contribution is -0.120. The van der Waals surface area contributed by atoms with E-state index in [9.17, 15) is 9.59 Å². The number of carbonyl (C=O) groups is 2. The van der Waals surface area contributed by atoms with Gasteiger partial charge in [-0.3, -0.25) is 9.59 Å². The number of amides is 2. The van der Waals surface area contributed by atoms with Crippen LogP contribution in [0.2, 0.25) is 0 Å². The Labute approximate surface area is 188 Å². The topological polar surface area (TPSA) is 61.8 Å². The number of halogens is 1. The smallest absolute Gasteiger partial charge is 0.272 e. The summed E-state index contributed by atoms with van der Waals surface area (Å²) in [5, 5.41) is 2.87. The molecular weight excluding hydrogens is 489 g/mol. The van der Waals surface area contributed by atoms with Crippen LogP contribution in [0.3, 0.4) is 0 Å². The van der Waals surface area contributed by atoms with Crippen molar-refractivity contribution in [3.63, 3.8) is 0 Å². The SMILES string of the molecule is O=C(NC1N=C(c2ccccc2)c2cccc3c2N(CC3)C1=O)c1ccccc1I. The van der Waals surface area contributed by atoms with Crippen LogP contribution in [0.1, 0.15) is 27.0 Å². The van der Waals surface area contributed by atoms with Crippen molar-refractivity contribution in [3.8, 4) is 0 Å². The van der Waals surface area contributed by atoms with E-state index in [1.165, 1.54) is 0 Å². The van der Waals surface area contributed by atoms with Gasteiger partial charge in [0, 0.05) is 21.2 Å². The number of nitrogens with zero attached hydrogens (tertiary/aromatic N) is 2. The van der Waals surface area contributed by atoms with Gasteiger partial charge in [-0.1, -0.05) is 60.7 Å². The molecule has 0 fully saturated rings. The fraction of sp³-hybridized carbons (Fsp3) is 0.125. The first-order valence-corrected chi connectivity index (χ1v) is 10.8. The Balaban J connectivity index is 1.61. The molecule has 0 aliphatic carbocycles. The van der Waals surface area contributed by atoms with Crippen LogP contribution in [-0.2, 0) is 11.2 Å². The number of anilines is 1. The largest absolute Gasteiger partial charge is 0.322 e. The van der Waals surface area contributed by atoms with E-state index < -0.39 is 6.17 Å². The standard InChI is InChI=1S/C24H18IN3O2/c25-19-12-5-4-10-17(19)23(29)27-22-24(30)28-14-13-16-9-6-11-18(21(16)28)20(26-22)15-7-2-1-3-8-15/h1-12,22H,13-14H2,(H,27,29). The first-order chi connectivity index (χ1) is 14.6. The molecule has 0 spiro atoms. The molecule has 30 heavy (non-hydrogen) atoms. The average Bonchev–Trinajstić information content (AvgIpc) is 3.16. The summed E-state index contributed by atoms with van der Waals surface area (Å²) in [7, 11) is 0. The number of benzene rings is 3. The van der Waals surface area contributed by atoms with Gasteiger partial charge >= 0.3 is 0 Å². The van der Waals surface area contributed by atoms with Crippen molar-refractivity contribution in [2.45, 2.75) is 12.6 Å². The molecule has 0 radical (unpaired) electrons. The Morgan fingerprint density at radius 3 is 2.57 bits per heavy atom. The lowest BCUT2D eigenvalue weighted by Gasteiger charge is -2.21. The number of nitrogens with one attached hydrogen (secondary N) is 1. The van der Waals surface area contributed by atoms with Gasteiger partial charge in [0.1, 0.15) is 0 Å². The number of rotatable bonds is 3. The summed E-state index contributed by atoms with van der Waals surface area (Å²) in [6.45, 7) is 0.595. The second-order valence-corrected chi connectivity index (χ2v) is 8.41. The normalized spacial score (nSPS) is 17.2. The van der Waals surface area contributed by atoms with Crippen LogP contribution in [0.4, 0.5) is 5.69 Å². The molecule has 0 bridgehead atoms.